The quantitative estimate of drug-likeness (QED) is 0.633. The number of nitrogens with two attached hydrogens (primary N) is 1. The fourth-order valence-corrected chi connectivity index (χ4v) is 1.57. The lowest BCUT2D eigenvalue weighted by Crippen LogP contribution is -2.11. The molecule has 3 N–H and O–H groups in total. The maximum Gasteiger partial charge on any atom is 0.124 e. The van der Waals surface area contributed by atoms with E-state index < -0.39 is 0 Å². The number of hydrogen-bond acceptors (Lipinski definition) is 4. The molecule has 98 valence electrons. The number of pyridine rings is 1. The van der Waals surface area contributed by atoms with Gasteiger partial charge in [-0.1, -0.05) is 0 Å². The first-order chi connectivity index (χ1) is 9.19. The van der Waals surface area contributed by atoms with Gasteiger partial charge >= 0.3 is 0 Å². The highest BCUT2D eigenvalue weighted by atomic mass is 16.5. The number of aromatic nitrogens is 1. The molecular weight excluding hydrogens is 242 g/mol. The van der Waals surface area contributed by atoms with Gasteiger partial charge in [-0.25, -0.2) is 0 Å². The van der Waals surface area contributed by atoms with E-state index in [1.807, 2.05) is 12.1 Å². The second-order valence-corrected chi connectivity index (χ2v) is 3.96. The second-order valence-electron chi connectivity index (χ2n) is 3.96. The van der Waals surface area contributed by atoms with Crippen molar-refractivity contribution in [2.45, 2.75) is 6.61 Å². The van der Waals surface area contributed by atoms with E-state index >= 15 is 0 Å². The Morgan fingerprint density at radius 2 is 1.89 bits per heavy atom. The molecule has 0 aliphatic heterocycles. The SMILES string of the molecule is COc1cc(OCc2ccncc2)cc(C(=N)N)c1. The summed E-state index contributed by atoms with van der Waals surface area (Å²) in [5, 5.41) is 7.46. The predicted molar refractivity (Wildman–Crippen MR) is 72.6 cm³/mol. The molecule has 0 amide bonds. The topological polar surface area (TPSA) is 81.2 Å². The Labute approximate surface area is 111 Å². The Morgan fingerprint density at radius 1 is 1.21 bits per heavy atom. The van der Waals surface area contributed by atoms with E-state index in [2.05, 4.69) is 4.98 Å². The van der Waals surface area contributed by atoms with Crippen molar-refractivity contribution in [3.05, 3.63) is 53.9 Å². The van der Waals surface area contributed by atoms with Crippen LogP contribution in [0.15, 0.2) is 42.7 Å². The Balaban J connectivity index is 2.15. The van der Waals surface area contributed by atoms with Gasteiger partial charge in [0.05, 0.1) is 7.11 Å². The van der Waals surface area contributed by atoms with E-state index in [1.54, 1.807) is 37.7 Å². The number of rotatable bonds is 5. The molecule has 0 radical (unpaired) electrons. The summed E-state index contributed by atoms with van der Waals surface area (Å²) >= 11 is 0. The molecule has 2 aromatic rings. The summed E-state index contributed by atoms with van der Waals surface area (Å²) in [5.41, 5.74) is 7.07. The minimum atomic E-state index is -0.0207. The molecule has 5 heteroatoms. The number of hydrogen-bond donors (Lipinski definition) is 2. The van der Waals surface area contributed by atoms with Gasteiger partial charge in [-0.3, -0.25) is 10.4 Å². The van der Waals surface area contributed by atoms with Crippen molar-refractivity contribution < 1.29 is 9.47 Å². The van der Waals surface area contributed by atoms with Crippen molar-refractivity contribution in [1.82, 2.24) is 4.98 Å². The van der Waals surface area contributed by atoms with Crippen LogP contribution >= 0.6 is 0 Å². The van der Waals surface area contributed by atoms with Crippen LogP contribution < -0.4 is 15.2 Å². The molecule has 1 aromatic carbocycles. The number of ether oxygens (including phenoxy) is 2. The van der Waals surface area contributed by atoms with Crippen LogP contribution in [0.25, 0.3) is 0 Å². The van der Waals surface area contributed by atoms with Gasteiger partial charge in [0.15, 0.2) is 0 Å². The molecule has 5 nitrogen and oxygen atoms in total. The molecule has 0 bridgehead atoms. The van der Waals surface area contributed by atoms with Crippen LogP contribution in [-0.2, 0) is 6.61 Å². The summed E-state index contributed by atoms with van der Waals surface area (Å²) in [6.07, 6.45) is 3.43. The standard InChI is InChI=1S/C14H15N3O2/c1-18-12-6-11(14(15)16)7-13(8-12)19-9-10-2-4-17-5-3-10/h2-8H,9H2,1H3,(H3,15,16). The first-order valence-electron chi connectivity index (χ1n) is 5.74. The smallest absolute Gasteiger partial charge is 0.124 e. The molecule has 0 saturated heterocycles. The Morgan fingerprint density at radius 3 is 2.53 bits per heavy atom. The van der Waals surface area contributed by atoms with Gasteiger partial charge in [-0.15, -0.1) is 0 Å². The largest absolute Gasteiger partial charge is 0.497 e. The summed E-state index contributed by atoms with van der Waals surface area (Å²) in [4.78, 5) is 3.94. The number of nitrogens with one attached hydrogen (secondary N) is 1. The summed E-state index contributed by atoms with van der Waals surface area (Å²) in [5.74, 6) is 1.20. The molecule has 0 spiro atoms. The Kier molecular flexibility index (Phi) is 3.97. The lowest BCUT2D eigenvalue weighted by atomic mass is 10.2. The summed E-state index contributed by atoms with van der Waals surface area (Å²) < 4.78 is 10.8. The average molecular weight is 257 g/mol. The van der Waals surface area contributed by atoms with Crippen molar-refractivity contribution in [3.8, 4) is 11.5 Å². The number of nitrogen functional groups attached to an aromatic ring is 1. The van der Waals surface area contributed by atoms with E-state index in [4.69, 9.17) is 20.6 Å². The molecule has 0 atom stereocenters. The fraction of sp³-hybridized carbons (Fsp3) is 0.143. The van der Waals surface area contributed by atoms with E-state index in [0.717, 1.165) is 5.56 Å². The van der Waals surface area contributed by atoms with E-state index in [9.17, 15) is 0 Å². The minimum Gasteiger partial charge on any atom is -0.497 e. The molecule has 0 aliphatic rings. The van der Waals surface area contributed by atoms with Crippen LogP contribution in [0.2, 0.25) is 0 Å². The van der Waals surface area contributed by atoms with Crippen molar-refractivity contribution in [3.63, 3.8) is 0 Å². The van der Waals surface area contributed by atoms with Crippen LogP contribution in [0.1, 0.15) is 11.1 Å². The zero-order valence-corrected chi connectivity index (χ0v) is 10.6. The van der Waals surface area contributed by atoms with Crippen molar-refractivity contribution >= 4 is 5.84 Å². The number of nitrogens with zero attached hydrogens (tertiary/aromatic N) is 1. The maximum atomic E-state index is 7.46. The van der Waals surface area contributed by atoms with Crippen LogP contribution in [-0.4, -0.2) is 17.9 Å². The van der Waals surface area contributed by atoms with Gasteiger partial charge in [-0.05, 0) is 29.8 Å². The molecule has 19 heavy (non-hydrogen) atoms. The lowest BCUT2D eigenvalue weighted by molar-refractivity contribution is 0.303. The number of amidine groups is 1. The first kappa shape index (κ1) is 12.9. The first-order valence-corrected chi connectivity index (χ1v) is 5.74. The predicted octanol–water partition coefficient (Wildman–Crippen LogP) is 1.95. The van der Waals surface area contributed by atoms with Crippen LogP contribution in [0, 0.1) is 5.41 Å². The highest BCUT2D eigenvalue weighted by molar-refractivity contribution is 5.95. The summed E-state index contributed by atoms with van der Waals surface area (Å²) in [6.45, 7) is 0.424. The molecule has 0 fully saturated rings. The third-order valence-corrected chi connectivity index (χ3v) is 2.58. The van der Waals surface area contributed by atoms with Gasteiger partial charge in [0.1, 0.15) is 23.9 Å². The van der Waals surface area contributed by atoms with E-state index in [0.29, 0.717) is 23.7 Å². The monoisotopic (exact) mass is 257 g/mol. The average Bonchev–Trinajstić information content (AvgIpc) is 2.45. The zero-order chi connectivity index (χ0) is 13.7. The van der Waals surface area contributed by atoms with Crippen LogP contribution in [0.3, 0.4) is 0 Å². The molecule has 1 aromatic heterocycles. The van der Waals surface area contributed by atoms with Gasteiger partial charge in [0.2, 0.25) is 0 Å². The van der Waals surface area contributed by atoms with Crippen molar-refractivity contribution in [1.29, 1.82) is 5.41 Å². The lowest BCUT2D eigenvalue weighted by Gasteiger charge is -2.10. The zero-order valence-electron chi connectivity index (χ0n) is 10.6. The molecule has 0 aliphatic carbocycles. The van der Waals surface area contributed by atoms with E-state index in [-0.39, 0.29) is 5.84 Å². The maximum absolute atomic E-state index is 7.46. The van der Waals surface area contributed by atoms with E-state index in [1.165, 1.54) is 0 Å². The van der Waals surface area contributed by atoms with Gasteiger partial charge < -0.3 is 15.2 Å². The van der Waals surface area contributed by atoms with Crippen LogP contribution in [0.5, 0.6) is 11.5 Å². The number of benzene rings is 1. The molecule has 0 saturated carbocycles. The molecule has 2 rings (SSSR count). The fourth-order valence-electron chi connectivity index (χ4n) is 1.57. The van der Waals surface area contributed by atoms with Gasteiger partial charge in [0.25, 0.3) is 0 Å². The van der Waals surface area contributed by atoms with Gasteiger partial charge in [0, 0.05) is 24.0 Å². The summed E-state index contributed by atoms with van der Waals surface area (Å²) in [7, 11) is 1.56. The normalized spacial score (nSPS) is 9.95. The summed E-state index contributed by atoms with van der Waals surface area (Å²) in [6, 6.07) is 8.93. The van der Waals surface area contributed by atoms with Crippen LogP contribution in [0.4, 0.5) is 0 Å². The highest BCUT2D eigenvalue weighted by Crippen LogP contribution is 2.23. The molecule has 0 unspecified atom stereocenters. The molecule has 1 heterocycles. The van der Waals surface area contributed by atoms with Crippen molar-refractivity contribution in [2.24, 2.45) is 5.73 Å². The number of methoxy groups -OCH3 is 1. The molecular formula is C14H15N3O2. The van der Waals surface area contributed by atoms with Crippen molar-refractivity contribution in [2.75, 3.05) is 7.11 Å². The minimum absolute atomic E-state index is 0.0207. The Bertz CT molecular complexity index is 570. The third-order valence-electron chi connectivity index (χ3n) is 2.58. The highest BCUT2D eigenvalue weighted by Gasteiger charge is 2.05. The van der Waals surface area contributed by atoms with Gasteiger partial charge in [-0.2, -0.15) is 0 Å². The second kappa shape index (κ2) is 5.86. The Hall–Kier alpha value is -2.56. The third kappa shape index (κ3) is 3.45.